The minimum Gasteiger partial charge on any atom is -0.255 e. The van der Waals surface area contributed by atoms with Crippen molar-refractivity contribution in [1.82, 2.24) is 0 Å². The van der Waals surface area contributed by atoms with Crippen molar-refractivity contribution in [2.75, 3.05) is 0 Å². The van der Waals surface area contributed by atoms with Crippen molar-refractivity contribution in [2.24, 2.45) is 0 Å². The largest absolute Gasteiger partial charge is 0.416 e. The number of rotatable bonds is 2. The monoisotopic (exact) mass is 258 g/mol. The SMILES string of the molecule is O=C(F)[C@](F)(Cl)c1ccc(C(F)(F)F)cc1. The molecule has 1 rings (SSSR count). The summed E-state index contributed by atoms with van der Waals surface area (Å²) in [6.07, 6.45) is -4.59. The fourth-order valence-electron chi connectivity index (χ4n) is 0.982. The molecule has 88 valence electrons. The molecule has 0 aliphatic rings. The van der Waals surface area contributed by atoms with Gasteiger partial charge in [-0.25, -0.2) is 4.39 Å². The van der Waals surface area contributed by atoms with E-state index in [2.05, 4.69) is 0 Å². The highest BCUT2D eigenvalue weighted by Gasteiger charge is 2.39. The third-order valence-electron chi connectivity index (χ3n) is 1.82. The Morgan fingerprint density at radius 1 is 1.00 bits per heavy atom. The van der Waals surface area contributed by atoms with Gasteiger partial charge >= 0.3 is 12.2 Å². The fourth-order valence-corrected chi connectivity index (χ4v) is 1.11. The maximum Gasteiger partial charge on any atom is 0.416 e. The van der Waals surface area contributed by atoms with Crippen LogP contribution < -0.4 is 0 Å². The third-order valence-corrected chi connectivity index (χ3v) is 2.19. The Balaban J connectivity index is 3.09. The minimum absolute atomic E-state index is 0.509. The zero-order valence-corrected chi connectivity index (χ0v) is 8.24. The lowest BCUT2D eigenvalue weighted by atomic mass is 10.1. The first kappa shape index (κ1) is 12.9. The quantitative estimate of drug-likeness (QED) is 0.450. The number of hydrogen-bond acceptors (Lipinski definition) is 1. The van der Waals surface area contributed by atoms with Crippen LogP contribution in [0.1, 0.15) is 11.1 Å². The molecule has 0 amide bonds. The first-order chi connectivity index (χ1) is 7.15. The highest BCUT2D eigenvalue weighted by atomic mass is 35.5. The lowest BCUT2D eigenvalue weighted by molar-refractivity contribution is -0.137. The van der Waals surface area contributed by atoms with Gasteiger partial charge < -0.3 is 0 Å². The highest BCUT2D eigenvalue weighted by Crippen LogP contribution is 2.35. The zero-order valence-electron chi connectivity index (χ0n) is 7.49. The summed E-state index contributed by atoms with van der Waals surface area (Å²) in [5, 5.41) is -3.44. The van der Waals surface area contributed by atoms with Crippen LogP contribution in [0.3, 0.4) is 0 Å². The fraction of sp³-hybridized carbons (Fsp3) is 0.222. The summed E-state index contributed by atoms with van der Waals surface area (Å²) < 4.78 is 61.6. The van der Waals surface area contributed by atoms with Crippen molar-refractivity contribution in [1.29, 1.82) is 0 Å². The number of hydrogen-bond donors (Lipinski definition) is 0. The van der Waals surface area contributed by atoms with Gasteiger partial charge in [-0.3, -0.25) is 4.79 Å². The molecule has 0 unspecified atom stereocenters. The summed E-state index contributed by atoms with van der Waals surface area (Å²) in [6, 6.07) is -0.251. The van der Waals surface area contributed by atoms with E-state index in [0.717, 1.165) is 0 Å². The van der Waals surface area contributed by atoms with Crippen LogP contribution in [-0.4, -0.2) is 6.04 Å². The van der Waals surface area contributed by atoms with Gasteiger partial charge in [-0.15, -0.1) is 0 Å². The zero-order chi connectivity index (χ0) is 12.6. The molecule has 0 saturated carbocycles. The van der Waals surface area contributed by atoms with Crippen LogP contribution in [0, 0.1) is 0 Å². The summed E-state index contributed by atoms with van der Waals surface area (Å²) in [5.41, 5.74) is -1.73. The molecular formula is C9H4ClF5O. The van der Waals surface area contributed by atoms with Gasteiger partial charge in [0.2, 0.25) is 0 Å². The Kier molecular flexibility index (Phi) is 3.23. The van der Waals surface area contributed by atoms with Crippen molar-refractivity contribution in [3.8, 4) is 0 Å². The lowest BCUT2D eigenvalue weighted by Gasteiger charge is -2.13. The third kappa shape index (κ3) is 2.49. The molecule has 0 heterocycles. The Hall–Kier alpha value is -1.17. The van der Waals surface area contributed by atoms with E-state index in [9.17, 15) is 26.7 Å². The van der Waals surface area contributed by atoms with E-state index in [1.807, 2.05) is 0 Å². The first-order valence-corrected chi connectivity index (χ1v) is 4.29. The summed E-state index contributed by atoms with van der Waals surface area (Å²) in [6.45, 7) is 0. The Bertz CT molecular complexity index is 395. The van der Waals surface area contributed by atoms with Crippen molar-refractivity contribution in [3.63, 3.8) is 0 Å². The molecule has 1 aromatic carbocycles. The van der Waals surface area contributed by atoms with Crippen LogP contribution in [0.15, 0.2) is 24.3 Å². The van der Waals surface area contributed by atoms with Gasteiger partial charge in [-0.05, 0) is 12.1 Å². The second-order valence-corrected chi connectivity index (χ2v) is 3.44. The van der Waals surface area contributed by atoms with Crippen LogP contribution >= 0.6 is 11.6 Å². The molecular weight excluding hydrogens is 255 g/mol. The van der Waals surface area contributed by atoms with Crippen LogP contribution in [0.2, 0.25) is 0 Å². The normalized spacial score (nSPS) is 15.6. The molecule has 16 heavy (non-hydrogen) atoms. The van der Waals surface area contributed by atoms with Crippen molar-refractivity contribution >= 4 is 17.6 Å². The number of carbonyl (C=O) groups is 1. The van der Waals surface area contributed by atoms with Crippen LogP contribution in [-0.2, 0) is 16.1 Å². The molecule has 1 aromatic rings. The molecule has 7 heteroatoms. The second-order valence-electron chi connectivity index (χ2n) is 2.92. The molecule has 0 radical (unpaired) electrons. The van der Waals surface area contributed by atoms with Crippen molar-refractivity contribution < 1.29 is 26.7 Å². The molecule has 0 bridgehead atoms. The van der Waals surface area contributed by atoms with Gasteiger partial charge in [0.05, 0.1) is 5.56 Å². The minimum atomic E-state index is -4.59. The first-order valence-electron chi connectivity index (χ1n) is 3.91. The summed E-state index contributed by atoms with van der Waals surface area (Å²) in [5.74, 6) is 0. The number of alkyl halides is 5. The summed E-state index contributed by atoms with van der Waals surface area (Å²) >= 11 is 4.89. The molecule has 1 atom stereocenters. The Morgan fingerprint density at radius 2 is 1.38 bits per heavy atom. The maximum atomic E-state index is 13.1. The molecule has 0 spiro atoms. The van der Waals surface area contributed by atoms with Gasteiger partial charge in [-0.2, -0.15) is 17.6 Å². The van der Waals surface area contributed by atoms with E-state index >= 15 is 0 Å². The summed E-state index contributed by atoms with van der Waals surface area (Å²) in [7, 11) is 0. The standard InChI is InChI=1S/C9H4ClF5O/c10-8(12,7(11)16)5-1-3-6(4-2-5)9(13,14)15/h1-4H/t8-/m0/s1. The van der Waals surface area contributed by atoms with E-state index < -0.39 is 28.5 Å². The molecule has 0 aliphatic heterocycles. The topological polar surface area (TPSA) is 17.1 Å². The van der Waals surface area contributed by atoms with Crippen LogP contribution in [0.4, 0.5) is 22.0 Å². The number of carbonyl (C=O) groups excluding carboxylic acids is 1. The van der Waals surface area contributed by atoms with E-state index in [1.54, 1.807) is 0 Å². The molecule has 0 N–H and O–H groups in total. The van der Waals surface area contributed by atoms with Gasteiger partial charge in [0.25, 0.3) is 5.13 Å². The van der Waals surface area contributed by atoms with Gasteiger partial charge in [0, 0.05) is 5.56 Å². The lowest BCUT2D eigenvalue weighted by Crippen LogP contribution is -2.20. The van der Waals surface area contributed by atoms with Gasteiger partial charge in [-0.1, -0.05) is 23.7 Å². The maximum absolute atomic E-state index is 13.1. The highest BCUT2D eigenvalue weighted by molar-refractivity contribution is 6.32. The van der Waals surface area contributed by atoms with Gasteiger partial charge in [0.15, 0.2) is 0 Å². The predicted molar refractivity (Wildman–Crippen MR) is 46.2 cm³/mol. The molecule has 0 fully saturated rings. The van der Waals surface area contributed by atoms with Crippen molar-refractivity contribution in [3.05, 3.63) is 35.4 Å². The average molecular weight is 259 g/mol. The molecule has 0 saturated heterocycles. The van der Waals surface area contributed by atoms with Crippen LogP contribution in [0.25, 0.3) is 0 Å². The number of benzene rings is 1. The smallest absolute Gasteiger partial charge is 0.255 e. The van der Waals surface area contributed by atoms with E-state index in [1.165, 1.54) is 0 Å². The Labute approximate surface area is 91.8 Å². The van der Waals surface area contributed by atoms with Crippen LogP contribution in [0.5, 0.6) is 0 Å². The van der Waals surface area contributed by atoms with Gasteiger partial charge in [0.1, 0.15) is 0 Å². The number of halogens is 6. The van der Waals surface area contributed by atoms with E-state index in [0.29, 0.717) is 24.3 Å². The summed E-state index contributed by atoms with van der Waals surface area (Å²) in [4.78, 5) is 10.2. The van der Waals surface area contributed by atoms with E-state index in [4.69, 9.17) is 11.6 Å². The molecule has 0 aliphatic carbocycles. The average Bonchev–Trinajstić information content (AvgIpc) is 2.16. The molecule has 0 aromatic heterocycles. The van der Waals surface area contributed by atoms with Crippen molar-refractivity contribution in [2.45, 2.75) is 11.3 Å². The molecule has 1 nitrogen and oxygen atoms in total. The van der Waals surface area contributed by atoms with E-state index in [-0.39, 0.29) is 0 Å². The predicted octanol–water partition coefficient (Wildman–Crippen LogP) is 3.56. The Morgan fingerprint density at radius 3 is 1.69 bits per heavy atom. The second kappa shape index (κ2) is 4.01.